The molecule has 2 saturated heterocycles. The van der Waals surface area contributed by atoms with Crippen LogP contribution in [0.2, 0.25) is 5.02 Å². The van der Waals surface area contributed by atoms with Crippen LogP contribution in [0.1, 0.15) is 30.1 Å². The molecule has 1 N–H and O–H groups in total. The summed E-state index contributed by atoms with van der Waals surface area (Å²) in [5.41, 5.74) is 1.97. The van der Waals surface area contributed by atoms with Gasteiger partial charge < -0.3 is 24.4 Å². The summed E-state index contributed by atoms with van der Waals surface area (Å²) in [5, 5.41) is 3.85. The van der Waals surface area contributed by atoms with Gasteiger partial charge in [0.25, 0.3) is 0 Å². The number of carbonyl (C=O) groups excluding carboxylic acids is 1. The number of urea groups is 1. The second-order valence-electron chi connectivity index (χ2n) is 8.11. The van der Waals surface area contributed by atoms with E-state index < -0.39 is 0 Å². The van der Waals surface area contributed by atoms with Crippen LogP contribution in [0.4, 0.5) is 4.79 Å². The van der Waals surface area contributed by atoms with E-state index in [1.165, 1.54) is 5.56 Å². The van der Waals surface area contributed by atoms with Crippen molar-refractivity contribution in [2.75, 3.05) is 46.6 Å². The van der Waals surface area contributed by atoms with E-state index in [1.807, 2.05) is 41.3 Å². The number of halogens is 1. The average Bonchev–Trinajstić information content (AvgIpc) is 2.83. The lowest BCUT2D eigenvalue weighted by atomic mass is 9.74. The van der Waals surface area contributed by atoms with E-state index in [4.69, 9.17) is 25.8 Å². The fourth-order valence-electron chi connectivity index (χ4n) is 4.39. The number of benzene rings is 2. The summed E-state index contributed by atoms with van der Waals surface area (Å²) in [5.74, 6) is 0.828. The molecule has 0 radical (unpaired) electrons. The molecule has 1 atom stereocenters. The lowest BCUT2D eigenvalue weighted by Gasteiger charge is -2.39. The van der Waals surface area contributed by atoms with E-state index >= 15 is 0 Å². The van der Waals surface area contributed by atoms with E-state index in [0.717, 1.165) is 24.2 Å². The van der Waals surface area contributed by atoms with Crippen LogP contribution < -0.4 is 10.1 Å². The molecular formula is C24H29ClN2O4. The van der Waals surface area contributed by atoms with Gasteiger partial charge in [0.2, 0.25) is 0 Å². The Bertz CT molecular complexity index is 883. The Balaban J connectivity index is 1.43. The van der Waals surface area contributed by atoms with Gasteiger partial charge in [-0.2, -0.15) is 0 Å². The molecular weight excluding hydrogens is 416 g/mol. The SMILES string of the molecule is COc1ccc(C2(CNC(=O)N3CCOC(c4ccccc4Cl)C3)CCOCC2)cc1. The van der Waals surface area contributed by atoms with Crippen LogP contribution in [0.3, 0.4) is 0 Å². The summed E-state index contributed by atoms with van der Waals surface area (Å²) in [6.07, 6.45) is 1.52. The predicted octanol–water partition coefficient (Wildman–Crippen LogP) is 4.18. The summed E-state index contributed by atoms with van der Waals surface area (Å²) in [4.78, 5) is 14.9. The van der Waals surface area contributed by atoms with Crippen LogP contribution in [0.5, 0.6) is 5.75 Å². The first kappa shape index (κ1) is 21.9. The molecule has 31 heavy (non-hydrogen) atoms. The van der Waals surface area contributed by atoms with Crippen LogP contribution in [-0.4, -0.2) is 57.5 Å². The fourth-order valence-corrected chi connectivity index (χ4v) is 4.65. The number of rotatable bonds is 5. The summed E-state index contributed by atoms with van der Waals surface area (Å²) in [6.45, 7) is 3.47. The van der Waals surface area contributed by atoms with Crippen LogP contribution in [0.25, 0.3) is 0 Å². The van der Waals surface area contributed by atoms with E-state index in [0.29, 0.717) is 44.5 Å². The third-order valence-electron chi connectivity index (χ3n) is 6.34. The van der Waals surface area contributed by atoms with Crippen LogP contribution >= 0.6 is 11.6 Å². The number of hydrogen-bond acceptors (Lipinski definition) is 4. The fraction of sp³-hybridized carbons (Fsp3) is 0.458. The van der Waals surface area contributed by atoms with E-state index in [1.54, 1.807) is 7.11 Å². The number of morpholine rings is 1. The largest absolute Gasteiger partial charge is 0.497 e. The van der Waals surface area contributed by atoms with Crippen molar-refractivity contribution >= 4 is 17.6 Å². The van der Waals surface area contributed by atoms with Crippen molar-refractivity contribution in [2.45, 2.75) is 24.4 Å². The van der Waals surface area contributed by atoms with Crippen LogP contribution in [-0.2, 0) is 14.9 Å². The molecule has 2 aromatic rings. The lowest BCUT2D eigenvalue weighted by Crippen LogP contribution is -2.51. The number of amides is 2. The quantitative estimate of drug-likeness (QED) is 0.751. The van der Waals surface area contributed by atoms with Gasteiger partial charge in [0.1, 0.15) is 11.9 Å². The van der Waals surface area contributed by atoms with Gasteiger partial charge in [0.05, 0.1) is 20.3 Å². The monoisotopic (exact) mass is 444 g/mol. The van der Waals surface area contributed by atoms with Crippen LogP contribution in [0, 0.1) is 0 Å². The standard InChI is InChI=1S/C24H29ClN2O4/c1-29-19-8-6-18(7-9-19)24(10-13-30-14-11-24)17-26-23(28)27-12-15-31-22(16-27)20-4-2-3-5-21(20)25/h2-9,22H,10-17H2,1H3,(H,26,28). The number of nitrogens with zero attached hydrogens (tertiary/aromatic N) is 1. The van der Waals surface area contributed by atoms with Crippen molar-refractivity contribution in [3.8, 4) is 5.75 Å². The highest BCUT2D eigenvalue weighted by atomic mass is 35.5. The van der Waals surface area contributed by atoms with Crippen molar-refractivity contribution in [2.24, 2.45) is 0 Å². The molecule has 2 heterocycles. The highest BCUT2D eigenvalue weighted by molar-refractivity contribution is 6.31. The molecule has 7 heteroatoms. The topological polar surface area (TPSA) is 60.0 Å². The number of nitrogens with one attached hydrogen (secondary N) is 1. The molecule has 166 valence electrons. The maximum Gasteiger partial charge on any atom is 0.317 e. The number of hydrogen-bond donors (Lipinski definition) is 1. The van der Waals surface area contributed by atoms with E-state index in [9.17, 15) is 4.79 Å². The number of carbonyl (C=O) groups is 1. The number of ether oxygens (including phenoxy) is 3. The van der Waals surface area contributed by atoms with Crippen LogP contribution in [0.15, 0.2) is 48.5 Å². The summed E-state index contributed by atoms with van der Waals surface area (Å²) in [7, 11) is 1.66. The number of methoxy groups -OCH3 is 1. The van der Waals surface area contributed by atoms with Gasteiger partial charge in [-0.05, 0) is 36.6 Å². The predicted molar refractivity (Wildman–Crippen MR) is 120 cm³/mol. The second kappa shape index (κ2) is 9.90. The van der Waals surface area contributed by atoms with Gasteiger partial charge in [-0.3, -0.25) is 0 Å². The van der Waals surface area contributed by atoms with Crippen molar-refractivity contribution in [3.63, 3.8) is 0 Å². The Morgan fingerprint density at radius 1 is 1.16 bits per heavy atom. The van der Waals surface area contributed by atoms with Gasteiger partial charge in [0, 0.05) is 42.3 Å². The molecule has 2 fully saturated rings. The van der Waals surface area contributed by atoms with Crippen molar-refractivity contribution < 1.29 is 19.0 Å². The Kier molecular flexibility index (Phi) is 7.00. The molecule has 0 saturated carbocycles. The smallest absolute Gasteiger partial charge is 0.317 e. The Hall–Kier alpha value is -2.28. The first-order valence-corrected chi connectivity index (χ1v) is 11.1. The van der Waals surface area contributed by atoms with Crippen molar-refractivity contribution in [1.29, 1.82) is 0 Å². The second-order valence-corrected chi connectivity index (χ2v) is 8.51. The summed E-state index contributed by atoms with van der Waals surface area (Å²) in [6, 6.07) is 15.7. The molecule has 0 aliphatic carbocycles. The maximum absolute atomic E-state index is 13.1. The molecule has 0 aromatic heterocycles. The third-order valence-corrected chi connectivity index (χ3v) is 6.68. The molecule has 2 aromatic carbocycles. The lowest BCUT2D eigenvalue weighted by molar-refractivity contribution is -0.0159. The Morgan fingerprint density at radius 3 is 2.61 bits per heavy atom. The molecule has 6 nitrogen and oxygen atoms in total. The Labute approximate surface area is 188 Å². The van der Waals surface area contributed by atoms with Gasteiger partial charge in [-0.25, -0.2) is 4.79 Å². The van der Waals surface area contributed by atoms with E-state index in [2.05, 4.69) is 17.4 Å². The minimum Gasteiger partial charge on any atom is -0.497 e. The highest BCUT2D eigenvalue weighted by Crippen LogP contribution is 2.35. The molecule has 0 bridgehead atoms. The molecule has 2 aliphatic heterocycles. The minimum absolute atomic E-state index is 0.0697. The van der Waals surface area contributed by atoms with Crippen molar-refractivity contribution in [1.82, 2.24) is 10.2 Å². The zero-order valence-electron chi connectivity index (χ0n) is 17.8. The van der Waals surface area contributed by atoms with Crippen molar-refractivity contribution in [3.05, 3.63) is 64.7 Å². The highest BCUT2D eigenvalue weighted by Gasteiger charge is 2.36. The normalized spacial score (nSPS) is 20.8. The molecule has 0 spiro atoms. The van der Waals surface area contributed by atoms with Gasteiger partial charge in [-0.15, -0.1) is 0 Å². The summed E-state index contributed by atoms with van der Waals surface area (Å²) < 4.78 is 16.8. The van der Waals surface area contributed by atoms with E-state index in [-0.39, 0.29) is 17.6 Å². The molecule has 4 rings (SSSR count). The first-order valence-electron chi connectivity index (χ1n) is 10.7. The Morgan fingerprint density at radius 2 is 1.90 bits per heavy atom. The molecule has 1 unspecified atom stereocenters. The average molecular weight is 445 g/mol. The minimum atomic E-state index is -0.216. The van der Waals surface area contributed by atoms with Gasteiger partial charge >= 0.3 is 6.03 Å². The molecule has 2 amide bonds. The molecule has 2 aliphatic rings. The van der Waals surface area contributed by atoms with Gasteiger partial charge in [-0.1, -0.05) is 41.9 Å². The zero-order valence-corrected chi connectivity index (χ0v) is 18.6. The maximum atomic E-state index is 13.1. The van der Waals surface area contributed by atoms with Gasteiger partial charge in [0.15, 0.2) is 0 Å². The zero-order chi connectivity index (χ0) is 21.7. The first-order chi connectivity index (χ1) is 15.1. The third kappa shape index (κ3) is 4.97. The summed E-state index contributed by atoms with van der Waals surface area (Å²) >= 11 is 6.34.